The number of rotatable bonds is 3. The number of piperidine rings is 1. The summed E-state index contributed by atoms with van der Waals surface area (Å²) in [5.74, 6) is 1.40. The average molecular weight is 291 g/mol. The summed E-state index contributed by atoms with van der Waals surface area (Å²) in [6, 6.07) is 6.95. The monoisotopic (exact) mass is 290 g/mol. The van der Waals surface area contributed by atoms with E-state index in [1.807, 2.05) is 0 Å². The Morgan fingerprint density at radius 2 is 2.10 bits per heavy atom. The van der Waals surface area contributed by atoms with Gasteiger partial charge >= 0.3 is 0 Å². The molecular weight excluding hydrogens is 272 g/mol. The maximum atomic E-state index is 8.94. The first-order valence-electron chi connectivity index (χ1n) is 7.19. The van der Waals surface area contributed by atoms with Crippen LogP contribution in [0.5, 0.6) is 0 Å². The Labute approximate surface area is 124 Å². The highest BCUT2D eigenvalue weighted by molar-refractivity contribution is 6.29. The summed E-state index contributed by atoms with van der Waals surface area (Å²) in [6.07, 6.45) is 5.19. The second-order valence-corrected chi connectivity index (χ2v) is 6.33. The van der Waals surface area contributed by atoms with Gasteiger partial charge in [-0.25, -0.2) is 4.98 Å². The number of pyridine rings is 1. The van der Waals surface area contributed by atoms with Crippen LogP contribution in [0.4, 0.5) is 5.82 Å². The Morgan fingerprint density at radius 1 is 1.40 bits per heavy atom. The molecule has 2 atom stereocenters. The lowest BCUT2D eigenvalue weighted by Gasteiger charge is -2.36. The summed E-state index contributed by atoms with van der Waals surface area (Å²) in [5.41, 5.74) is 0.552. The minimum absolute atomic E-state index is 0.370. The van der Waals surface area contributed by atoms with Crippen LogP contribution >= 0.6 is 11.6 Å². The van der Waals surface area contributed by atoms with Gasteiger partial charge in [0.2, 0.25) is 0 Å². The van der Waals surface area contributed by atoms with E-state index in [1.165, 1.54) is 25.7 Å². The molecule has 0 spiro atoms. The van der Waals surface area contributed by atoms with Crippen molar-refractivity contribution in [2.75, 3.05) is 18.9 Å². The third-order valence-electron chi connectivity index (χ3n) is 4.69. The SMILES string of the molecule is CN1C2CCC1CC(CNc1cc(C#N)cc(Cl)n1)C2. The van der Waals surface area contributed by atoms with E-state index in [4.69, 9.17) is 16.9 Å². The lowest BCUT2D eigenvalue weighted by molar-refractivity contribution is 0.139. The number of aromatic nitrogens is 1. The van der Waals surface area contributed by atoms with Gasteiger partial charge in [-0.2, -0.15) is 5.26 Å². The molecule has 2 aliphatic rings. The molecule has 0 aliphatic carbocycles. The summed E-state index contributed by atoms with van der Waals surface area (Å²) in [4.78, 5) is 6.77. The molecule has 2 aliphatic heterocycles. The lowest BCUT2D eigenvalue weighted by Crippen LogP contribution is -2.41. The van der Waals surface area contributed by atoms with Gasteiger partial charge in [-0.05, 0) is 50.8 Å². The van der Waals surface area contributed by atoms with Crippen LogP contribution in [0, 0.1) is 17.2 Å². The number of nitrogens with one attached hydrogen (secondary N) is 1. The quantitative estimate of drug-likeness (QED) is 0.870. The maximum Gasteiger partial charge on any atom is 0.132 e. The Bertz CT molecular complexity index is 525. The zero-order valence-electron chi connectivity index (χ0n) is 11.6. The van der Waals surface area contributed by atoms with Crippen LogP contribution in [0.15, 0.2) is 12.1 Å². The average Bonchev–Trinajstić information content (AvgIpc) is 2.66. The van der Waals surface area contributed by atoms with Crippen LogP contribution in [0.1, 0.15) is 31.2 Å². The fourth-order valence-corrected chi connectivity index (χ4v) is 3.80. The second-order valence-electron chi connectivity index (χ2n) is 5.94. The predicted octanol–water partition coefficient (Wildman–Crippen LogP) is 2.89. The Kier molecular flexibility index (Phi) is 3.82. The molecule has 0 saturated carbocycles. The van der Waals surface area contributed by atoms with Gasteiger partial charge in [0.1, 0.15) is 11.0 Å². The maximum absolute atomic E-state index is 8.94. The molecule has 1 aromatic rings. The van der Waals surface area contributed by atoms with Crippen LogP contribution in [-0.4, -0.2) is 35.6 Å². The highest BCUT2D eigenvalue weighted by atomic mass is 35.5. The van der Waals surface area contributed by atoms with Crippen LogP contribution in [0.2, 0.25) is 5.15 Å². The molecule has 20 heavy (non-hydrogen) atoms. The Balaban J connectivity index is 1.60. The van der Waals surface area contributed by atoms with Gasteiger partial charge in [-0.15, -0.1) is 0 Å². The standard InChI is InChI=1S/C15H19ClN4/c1-20-12-2-3-13(20)5-11(4-12)9-18-15-7-10(8-17)6-14(16)19-15/h6-7,11-13H,2-5,9H2,1H3,(H,18,19). The van der Waals surface area contributed by atoms with Gasteiger partial charge in [0.15, 0.2) is 0 Å². The summed E-state index contributed by atoms with van der Waals surface area (Å²) in [7, 11) is 2.25. The molecule has 106 valence electrons. The normalized spacial score (nSPS) is 29.1. The van der Waals surface area contributed by atoms with Gasteiger partial charge in [-0.3, -0.25) is 0 Å². The minimum atomic E-state index is 0.370. The predicted molar refractivity (Wildman–Crippen MR) is 79.7 cm³/mol. The second kappa shape index (κ2) is 5.59. The van der Waals surface area contributed by atoms with E-state index < -0.39 is 0 Å². The number of hydrogen-bond acceptors (Lipinski definition) is 4. The van der Waals surface area contributed by atoms with E-state index in [-0.39, 0.29) is 0 Å². The third kappa shape index (κ3) is 2.74. The first-order valence-corrected chi connectivity index (χ1v) is 7.57. The summed E-state index contributed by atoms with van der Waals surface area (Å²) in [5, 5.41) is 12.7. The van der Waals surface area contributed by atoms with Gasteiger partial charge in [0, 0.05) is 18.6 Å². The van der Waals surface area contributed by atoms with E-state index >= 15 is 0 Å². The fourth-order valence-electron chi connectivity index (χ4n) is 3.59. The molecule has 0 aromatic carbocycles. The molecular formula is C15H19ClN4. The zero-order valence-corrected chi connectivity index (χ0v) is 12.4. The molecule has 0 radical (unpaired) electrons. The fraction of sp³-hybridized carbons (Fsp3) is 0.600. The molecule has 3 rings (SSSR count). The molecule has 2 bridgehead atoms. The van der Waals surface area contributed by atoms with Crippen molar-refractivity contribution >= 4 is 17.4 Å². The van der Waals surface area contributed by atoms with Crippen molar-refractivity contribution in [2.45, 2.75) is 37.8 Å². The number of fused-ring (bicyclic) bond motifs is 2. The number of nitriles is 1. The van der Waals surface area contributed by atoms with E-state index in [9.17, 15) is 0 Å². The van der Waals surface area contributed by atoms with Gasteiger partial charge in [0.05, 0.1) is 11.6 Å². The first kappa shape index (κ1) is 13.7. The Hall–Kier alpha value is -1.31. The van der Waals surface area contributed by atoms with E-state index in [1.54, 1.807) is 12.1 Å². The van der Waals surface area contributed by atoms with Crippen molar-refractivity contribution in [3.63, 3.8) is 0 Å². The van der Waals surface area contributed by atoms with Crippen molar-refractivity contribution in [1.29, 1.82) is 5.26 Å². The number of anilines is 1. The third-order valence-corrected chi connectivity index (χ3v) is 4.88. The summed E-state index contributed by atoms with van der Waals surface area (Å²) >= 11 is 5.92. The molecule has 4 nitrogen and oxygen atoms in total. The zero-order chi connectivity index (χ0) is 14.1. The number of halogens is 1. The van der Waals surface area contributed by atoms with Gasteiger partial charge in [0.25, 0.3) is 0 Å². The van der Waals surface area contributed by atoms with E-state index in [0.717, 1.165) is 18.6 Å². The van der Waals surface area contributed by atoms with Crippen molar-refractivity contribution in [3.8, 4) is 6.07 Å². The van der Waals surface area contributed by atoms with Crippen molar-refractivity contribution in [2.24, 2.45) is 5.92 Å². The molecule has 5 heteroatoms. The van der Waals surface area contributed by atoms with Crippen LogP contribution < -0.4 is 5.32 Å². The molecule has 2 saturated heterocycles. The van der Waals surface area contributed by atoms with E-state index in [2.05, 4.69) is 28.3 Å². The van der Waals surface area contributed by atoms with Crippen molar-refractivity contribution < 1.29 is 0 Å². The van der Waals surface area contributed by atoms with Gasteiger partial charge < -0.3 is 10.2 Å². The topological polar surface area (TPSA) is 52.0 Å². The van der Waals surface area contributed by atoms with Crippen LogP contribution in [0.25, 0.3) is 0 Å². The molecule has 2 unspecified atom stereocenters. The molecule has 3 heterocycles. The van der Waals surface area contributed by atoms with Crippen molar-refractivity contribution in [1.82, 2.24) is 9.88 Å². The summed E-state index contributed by atoms with van der Waals surface area (Å²) in [6.45, 7) is 0.916. The van der Waals surface area contributed by atoms with Crippen LogP contribution in [0.3, 0.4) is 0 Å². The largest absolute Gasteiger partial charge is 0.370 e. The Morgan fingerprint density at radius 3 is 2.75 bits per heavy atom. The molecule has 2 fully saturated rings. The number of hydrogen-bond donors (Lipinski definition) is 1. The highest BCUT2D eigenvalue weighted by Crippen LogP contribution is 2.37. The first-order chi connectivity index (χ1) is 9.65. The molecule has 1 aromatic heterocycles. The van der Waals surface area contributed by atoms with E-state index in [0.29, 0.717) is 22.5 Å². The smallest absolute Gasteiger partial charge is 0.132 e. The van der Waals surface area contributed by atoms with Crippen LogP contribution in [-0.2, 0) is 0 Å². The van der Waals surface area contributed by atoms with Gasteiger partial charge in [-0.1, -0.05) is 11.6 Å². The minimum Gasteiger partial charge on any atom is -0.370 e. The molecule has 1 N–H and O–H groups in total. The lowest BCUT2D eigenvalue weighted by atomic mass is 9.91. The molecule has 0 amide bonds. The van der Waals surface area contributed by atoms with Crippen molar-refractivity contribution in [3.05, 3.63) is 22.8 Å². The highest BCUT2D eigenvalue weighted by Gasteiger charge is 2.38. The summed E-state index contributed by atoms with van der Waals surface area (Å²) < 4.78 is 0. The number of nitrogens with zero attached hydrogens (tertiary/aromatic N) is 3.